The summed E-state index contributed by atoms with van der Waals surface area (Å²) in [7, 11) is 7.81. The normalized spacial score (nSPS) is 13.8. The van der Waals surface area contributed by atoms with Crippen molar-refractivity contribution in [1.82, 2.24) is 24.1 Å². The maximum atomic E-state index is 13.3. The number of carboxylic acid groups (broad SMARTS) is 1. The number of aromatic carboxylic acids is 1. The molecule has 12 heteroatoms. The molecule has 2 aromatic heterocycles. The summed E-state index contributed by atoms with van der Waals surface area (Å²) < 4.78 is 16.2. The largest absolute Gasteiger partial charge is 0.493 e. The van der Waals surface area contributed by atoms with Gasteiger partial charge in [-0.1, -0.05) is 66.1 Å². The minimum Gasteiger partial charge on any atom is -0.493 e. The topological polar surface area (TPSA) is 122 Å². The van der Waals surface area contributed by atoms with E-state index in [0.717, 1.165) is 76.0 Å². The molecule has 3 heterocycles. The fourth-order valence-corrected chi connectivity index (χ4v) is 7.58. The molecule has 4 aromatic carbocycles. The van der Waals surface area contributed by atoms with Gasteiger partial charge in [-0.2, -0.15) is 5.10 Å². The Kier molecular flexibility index (Phi) is 11.1. The number of benzene rings is 4. The number of ether oxygens (including phenoxy) is 2. The Morgan fingerprint density at radius 3 is 2.44 bits per heavy atom. The number of hydrogen-bond donors (Lipinski definition) is 2. The SMILES string of the molecule is [B]c1ccc(OCc2nn(C)c(C)c2-c2cccc3c(CCCOc4cccc5ccccc45)c(C(=O)O)n(CCN4CCN(CO)CC4)c23)cc1C=O. The lowest BCUT2D eigenvalue weighted by atomic mass is 9.91. The Morgan fingerprint density at radius 1 is 0.926 bits per heavy atom. The van der Waals surface area contributed by atoms with Crippen molar-refractivity contribution in [3.05, 3.63) is 107 Å². The van der Waals surface area contributed by atoms with Crippen LogP contribution in [0.4, 0.5) is 0 Å². The third kappa shape index (κ3) is 7.50. The first-order valence-corrected chi connectivity index (χ1v) is 18.3. The molecular formula is C42H44BN5O6. The summed E-state index contributed by atoms with van der Waals surface area (Å²) in [5.74, 6) is 0.318. The second kappa shape index (κ2) is 16.3. The summed E-state index contributed by atoms with van der Waals surface area (Å²) in [6, 6.07) is 25.1. The van der Waals surface area contributed by atoms with Crippen molar-refractivity contribution in [2.75, 3.05) is 46.1 Å². The Labute approximate surface area is 315 Å². The maximum Gasteiger partial charge on any atom is 0.352 e. The number of aldehydes is 1. The zero-order valence-electron chi connectivity index (χ0n) is 30.7. The van der Waals surface area contributed by atoms with Crippen LogP contribution in [0.1, 0.15) is 44.2 Å². The van der Waals surface area contributed by atoms with Crippen LogP contribution in [-0.4, -0.2) is 101 Å². The van der Waals surface area contributed by atoms with Crippen LogP contribution >= 0.6 is 0 Å². The Morgan fingerprint density at radius 2 is 1.67 bits per heavy atom. The number of para-hydroxylation sites is 1. The predicted molar refractivity (Wildman–Crippen MR) is 210 cm³/mol. The molecule has 0 bridgehead atoms. The number of aliphatic hydroxyl groups is 1. The molecule has 2 radical (unpaired) electrons. The van der Waals surface area contributed by atoms with Crippen LogP contribution in [0.25, 0.3) is 32.8 Å². The molecule has 11 nitrogen and oxygen atoms in total. The van der Waals surface area contributed by atoms with Gasteiger partial charge >= 0.3 is 5.97 Å². The maximum absolute atomic E-state index is 13.3. The molecule has 7 rings (SSSR count). The molecule has 1 aliphatic heterocycles. The minimum atomic E-state index is -0.979. The highest BCUT2D eigenvalue weighted by atomic mass is 16.5. The molecule has 0 spiro atoms. The van der Waals surface area contributed by atoms with Crippen LogP contribution in [0, 0.1) is 6.92 Å². The van der Waals surface area contributed by atoms with Crippen molar-refractivity contribution >= 4 is 47.2 Å². The van der Waals surface area contributed by atoms with Crippen molar-refractivity contribution in [1.29, 1.82) is 0 Å². The van der Waals surface area contributed by atoms with Crippen molar-refractivity contribution in [2.24, 2.45) is 7.05 Å². The lowest BCUT2D eigenvalue weighted by Crippen LogP contribution is -2.47. The number of aryl methyl sites for hydroxylation is 2. The van der Waals surface area contributed by atoms with Gasteiger partial charge in [-0.25, -0.2) is 4.79 Å². The third-order valence-corrected chi connectivity index (χ3v) is 10.5. The number of rotatable bonds is 15. The Bertz CT molecular complexity index is 2300. The van der Waals surface area contributed by atoms with Crippen LogP contribution in [0.2, 0.25) is 0 Å². The molecule has 54 heavy (non-hydrogen) atoms. The van der Waals surface area contributed by atoms with Gasteiger partial charge < -0.3 is 24.3 Å². The predicted octanol–water partition coefficient (Wildman–Crippen LogP) is 4.97. The van der Waals surface area contributed by atoms with E-state index < -0.39 is 5.97 Å². The summed E-state index contributed by atoms with van der Waals surface area (Å²) >= 11 is 0. The lowest BCUT2D eigenvalue weighted by Gasteiger charge is -2.33. The molecular weight excluding hydrogens is 681 g/mol. The van der Waals surface area contributed by atoms with E-state index in [2.05, 4.69) is 17.0 Å². The summed E-state index contributed by atoms with van der Waals surface area (Å²) in [6.45, 7) is 6.76. The number of fused-ring (bicyclic) bond motifs is 2. The second-order valence-corrected chi connectivity index (χ2v) is 13.7. The zero-order valence-corrected chi connectivity index (χ0v) is 30.7. The summed E-state index contributed by atoms with van der Waals surface area (Å²) in [6.07, 6.45) is 1.82. The number of carbonyl (C=O) groups is 2. The van der Waals surface area contributed by atoms with Crippen molar-refractivity contribution in [2.45, 2.75) is 32.9 Å². The average Bonchev–Trinajstić information content (AvgIpc) is 3.67. The highest BCUT2D eigenvalue weighted by Crippen LogP contribution is 2.38. The van der Waals surface area contributed by atoms with Crippen molar-refractivity contribution in [3.8, 4) is 22.6 Å². The van der Waals surface area contributed by atoms with Gasteiger partial charge in [0.25, 0.3) is 0 Å². The monoisotopic (exact) mass is 725 g/mol. The van der Waals surface area contributed by atoms with Crippen LogP contribution in [0.15, 0.2) is 78.9 Å². The highest BCUT2D eigenvalue weighted by molar-refractivity contribution is 6.35. The third-order valence-electron chi connectivity index (χ3n) is 10.5. The number of nitrogens with zero attached hydrogens (tertiary/aromatic N) is 5. The molecule has 0 saturated carbocycles. The van der Waals surface area contributed by atoms with E-state index >= 15 is 0 Å². The van der Waals surface area contributed by atoms with Crippen molar-refractivity contribution < 1.29 is 29.3 Å². The Hall–Kier alpha value is -5.43. The summed E-state index contributed by atoms with van der Waals surface area (Å²) in [5, 5.41) is 28.4. The Balaban J connectivity index is 1.25. The van der Waals surface area contributed by atoms with Crippen molar-refractivity contribution in [3.63, 3.8) is 0 Å². The molecule has 0 unspecified atom stereocenters. The van der Waals surface area contributed by atoms with E-state index in [1.807, 2.05) is 76.7 Å². The van der Waals surface area contributed by atoms with Gasteiger partial charge in [0.1, 0.15) is 43.6 Å². The quantitative estimate of drug-likeness (QED) is 0.0860. The molecule has 276 valence electrons. The first kappa shape index (κ1) is 36.9. The molecule has 1 aliphatic rings. The molecule has 0 amide bonds. The van der Waals surface area contributed by atoms with E-state index in [4.69, 9.17) is 22.4 Å². The first-order chi connectivity index (χ1) is 26.3. The van der Waals surface area contributed by atoms with E-state index in [0.29, 0.717) is 61.3 Å². The van der Waals surface area contributed by atoms with E-state index in [-0.39, 0.29) is 19.0 Å². The molecule has 2 N–H and O–H groups in total. The van der Waals surface area contributed by atoms with Gasteiger partial charge in [0.2, 0.25) is 0 Å². The van der Waals surface area contributed by atoms with Gasteiger partial charge in [-0.15, -0.1) is 0 Å². The number of carboxylic acids is 1. The molecule has 1 fully saturated rings. The van der Waals surface area contributed by atoms with Gasteiger partial charge in [0.05, 0.1) is 18.9 Å². The summed E-state index contributed by atoms with van der Waals surface area (Å²) in [4.78, 5) is 29.1. The van der Waals surface area contributed by atoms with Crippen LogP contribution < -0.4 is 14.9 Å². The zero-order chi connectivity index (χ0) is 37.8. The van der Waals surface area contributed by atoms with E-state index in [1.165, 1.54) is 0 Å². The standard InChI is InChI=1S/C42H44BN5O6/c1-28-39(37(44-45(28)2)26-54-31-15-16-36(43)30(24-31)25-49)35-12-6-11-33-34(13-7-23-53-38-14-5-9-29-8-3-4-10-32(29)38)41(42(51)52)48(40(33)35)22-21-46-17-19-47(27-50)20-18-46/h3-6,8-12,14-16,24-25,50H,7,13,17-23,26-27H2,1-2H3,(H,51,52). The number of aliphatic hydroxyl groups excluding tert-OH is 1. The smallest absolute Gasteiger partial charge is 0.352 e. The summed E-state index contributed by atoms with van der Waals surface area (Å²) in [5.41, 5.74) is 5.93. The fourth-order valence-electron chi connectivity index (χ4n) is 7.58. The second-order valence-electron chi connectivity index (χ2n) is 13.7. The van der Waals surface area contributed by atoms with Gasteiger partial charge in [0.15, 0.2) is 0 Å². The average molecular weight is 726 g/mol. The van der Waals surface area contributed by atoms with Gasteiger partial charge in [-0.05, 0) is 48.9 Å². The number of hydrogen-bond acceptors (Lipinski definition) is 8. The van der Waals surface area contributed by atoms with Crippen LogP contribution in [-0.2, 0) is 26.6 Å². The molecule has 6 aromatic rings. The highest BCUT2D eigenvalue weighted by Gasteiger charge is 2.28. The lowest BCUT2D eigenvalue weighted by molar-refractivity contribution is 0.0529. The fraction of sp³-hybridized carbons (Fsp3) is 0.310. The van der Waals surface area contributed by atoms with Crippen LogP contribution in [0.3, 0.4) is 0 Å². The number of carbonyl (C=O) groups excluding carboxylic acids is 1. The van der Waals surface area contributed by atoms with Crippen LogP contribution in [0.5, 0.6) is 11.5 Å². The first-order valence-electron chi connectivity index (χ1n) is 18.3. The minimum absolute atomic E-state index is 0.0310. The number of aromatic nitrogens is 3. The molecule has 0 atom stereocenters. The van der Waals surface area contributed by atoms with Gasteiger partial charge in [-0.3, -0.25) is 19.3 Å². The van der Waals surface area contributed by atoms with E-state index in [9.17, 15) is 19.8 Å². The number of piperazine rings is 1. The molecule has 0 aliphatic carbocycles. The molecule has 1 saturated heterocycles. The van der Waals surface area contributed by atoms with Gasteiger partial charge in [0, 0.05) is 79.5 Å². The van der Waals surface area contributed by atoms with E-state index in [1.54, 1.807) is 18.2 Å².